The van der Waals surface area contributed by atoms with E-state index in [9.17, 15) is 193 Å². The molecule has 0 aromatic carbocycles. The molecule has 139 heavy (non-hydrogen) atoms. The normalized spacial score (nSPS) is 51.9. The number of hydrogen-bond acceptors (Lipinski definition) is 61. The van der Waals surface area contributed by atoms with Crippen molar-refractivity contribution in [3.8, 4) is 0 Å². The highest BCUT2D eigenvalue weighted by atomic mass is 16.8. The van der Waals surface area contributed by atoms with Crippen LogP contribution in [0.2, 0.25) is 0 Å². The largest absolute Gasteiger partial charge is 0.394 e. The molecule has 12 aliphatic rings. The first-order valence-corrected chi connectivity index (χ1v) is 44.2. The molecule has 0 aromatic rings. The van der Waals surface area contributed by atoms with E-state index in [1.54, 1.807) is 0 Å². The van der Waals surface area contributed by atoms with Gasteiger partial charge in [-0.2, -0.15) is 0 Å². The lowest BCUT2D eigenvalue weighted by Crippen LogP contribution is -2.70. The molecule has 808 valence electrons. The lowest BCUT2D eigenvalue weighted by Gasteiger charge is -2.51. The van der Waals surface area contributed by atoms with Gasteiger partial charge in [0.25, 0.3) is 0 Å². The van der Waals surface area contributed by atoms with Crippen molar-refractivity contribution in [1.29, 1.82) is 0 Å². The van der Waals surface area contributed by atoms with Crippen molar-refractivity contribution in [2.24, 2.45) is 0 Å². The van der Waals surface area contributed by atoms with Crippen molar-refractivity contribution < 1.29 is 302 Å². The highest BCUT2D eigenvalue weighted by Gasteiger charge is 2.63. The summed E-state index contributed by atoms with van der Waals surface area (Å²) in [5.41, 5.74) is 0. The Bertz CT molecular complexity index is 3730. The minimum absolute atomic E-state index is 0.840. The van der Waals surface area contributed by atoms with Crippen LogP contribution >= 0.6 is 0 Å². The summed E-state index contributed by atoms with van der Waals surface area (Å²) in [6.45, 7) is -12.4. The van der Waals surface area contributed by atoms with Crippen molar-refractivity contribution >= 4 is 11.8 Å². The highest BCUT2D eigenvalue weighted by Crippen LogP contribution is 2.43. The smallest absolute Gasteiger partial charge is 0.217 e. The summed E-state index contributed by atoms with van der Waals surface area (Å²) < 4.78 is 136. The summed E-state index contributed by atoms with van der Waals surface area (Å²) in [6, 6.07) is -3.77. The average molecular weight is 2050 g/mol. The first kappa shape index (κ1) is 114. The number of nitrogens with one attached hydrogen (secondary N) is 2. The number of rotatable bonds is 36. The van der Waals surface area contributed by atoms with E-state index in [0.717, 1.165) is 13.8 Å². The van der Waals surface area contributed by atoms with Gasteiger partial charge in [0.2, 0.25) is 11.8 Å². The number of carbonyl (C=O) groups excluding carboxylic acids is 2. The van der Waals surface area contributed by atoms with E-state index in [1.807, 2.05) is 0 Å². The van der Waals surface area contributed by atoms with Crippen LogP contribution in [-0.4, -0.2) is 643 Å². The Hall–Kier alpha value is -3.42. The molecule has 2 amide bonds. The van der Waals surface area contributed by atoms with Gasteiger partial charge >= 0.3 is 0 Å². The maximum Gasteiger partial charge on any atom is 0.217 e. The van der Waals surface area contributed by atoms with E-state index in [2.05, 4.69) is 10.6 Å². The second kappa shape index (κ2) is 49.8. The third-order valence-corrected chi connectivity index (χ3v) is 25.9. The van der Waals surface area contributed by atoms with Gasteiger partial charge < -0.3 is 303 Å². The lowest BCUT2D eigenvalue weighted by molar-refractivity contribution is -0.411. The molecule has 63 nitrogen and oxygen atoms in total. The highest BCUT2D eigenvalue weighted by molar-refractivity contribution is 5.73. The van der Waals surface area contributed by atoms with Gasteiger partial charge in [-0.1, -0.05) is 0 Å². The fourth-order valence-corrected chi connectivity index (χ4v) is 17.9. The molecule has 60 atom stereocenters. The van der Waals surface area contributed by atoms with Gasteiger partial charge in [0.1, 0.15) is 293 Å². The third-order valence-electron chi connectivity index (χ3n) is 25.9. The van der Waals surface area contributed by atoms with E-state index in [0.29, 0.717) is 0 Å². The molecule has 12 rings (SSSR count). The Morgan fingerprint density at radius 2 is 0.396 bits per heavy atom. The number of aliphatic hydroxyl groups excluding tert-OH is 36. The van der Waals surface area contributed by atoms with Crippen molar-refractivity contribution in [2.75, 3.05) is 79.3 Å². The van der Waals surface area contributed by atoms with Crippen LogP contribution in [0.25, 0.3) is 0 Å². The average Bonchev–Trinajstić information content (AvgIpc) is 0.763. The van der Waals surface area contributed by atoms with Gasteiger partial charge in [0, 0.05) is 13.8 Å². The lowest BCUT2D eigenvalue weighted by atomic mass is 9.94. The molecule has 12 saturated heterocycles. The number of ether oxygens (including phenoxy) is 23. The van der Waals surface area contributed by atoms with Crippen LogP contribution in [0.4, 0.5) is 0 Å². The summed E-state index contributed by atoms with van der Waals surface area (Å²) >= 11 is 0. The Morgan fingerprint density at radius 1 is 0.187 bits per heavy atom. The number of amides is 2. The SMILES string of the molecule is CC(=O)NC1C(O)OC(CO)[C@@H](O[C@@H]2OC(CO)[C@@H](O[C@@H]3OC(CO[C@H]4OC(CO[C@H]5OC(CO)[C@@H](O)[C@H](O)C5O[C@H]5OC(CO)[C@@H](O)[C@H](O)C5O)[C@@H](O)[C@H](O[C@H]5OC(CO)[C@@H](O)[C@H](O)C5O[C@H]5OC(CO)[C@@H](O)[C@H](O)C5O)C4O)[C@@H](O)[C@H](O[C@H]4OC(CO)[C@@H](O)[C@H](O)C4O[C@H]4OC(CO)[C@@H](O)[C@H](O)C4O[C@H]4OC(CO)[C@@H](O)[C@H](O[C@H]5OC(CO)[C@@H](O)[C@H](O)C5O)C4O)C3O)[C@H](O)C2NC(C)=O)[C@@H]1O. The zero-order valence-corrected chi connectivity index (χ0v) is 73.4. The molecule has 0 bridgehead atoms. The molecule has 0 aromatic heterocycles. The molecule has 38 N–H and O–H groups in total. The minimum atomic E-state index is -2.75. The van der Waals surface area contributed by atoms with Crippen LogP contribution in [0.15, 0.2) is 0 Å². The molecular formula is C76H128N2O61. The second-order valence-electron chi connectivity index (χ2n) is 35.2. The molecule has 25 unspecified atom stereocenters. The van der Waals surface area contributed by atoms with Gasteiger partial charge in [-0.25, -0.2) is 0 Å². The summed E-state index contributed by atoms with van der Waals surface area (Å²) in [5.74, 6) is -1.86. The number of carbonyl (C=O) groups is 2. The van der Waals surface area contributed by atoms with E-state index >= 15 is 0 Å². The summed E-state index contributed by atoms with van der Waals surface area (Å²) in [7, 11) is 0. The molecule has 12 heterocycles. The summed E-state index contributed by atoms with van der Waals surface area (Å²) in [4.78, 5) is 25.5. The van der Waals surface area contributed by atoms with Crippen LogP contribution in [0.5, 0.6) is 0 Å². The molecule has 0 radical (unpaired) electrons. The van der Waals surface area contributed by atoms with Crippen LogP contribution in [0, 0.1) is 0 Å². The number of aliphatic hydroxyl groups is 36. The predicted octanol–water partition coefficient (Wildman–Crippen LogP) is -26.9. The van der Waals surface area contributed by atoms with Gasteiger partial charge in [-0.05, 0) is 0 Å². The maximum atomic E-state index is 13.2. The first-order valence-electron chi connectivity index (χ1n) is 44.2. The Labute approximate surface area is 784 Å². The molecule has 0 saturated carbocycles. The Morgan fingerprint density at radius 3 is 0.734 bits per heavy atom. The van der Waals surface area contributed by atoms with Crippen LogP contribution in [0.3, 0.4) is 0 Å². The Balaban J connectivity index is 0.905. The molecule has 12 aliphatic heterocycles. The number of hydrogen-bond donors (Lipinski definition) is 38. The second-order valence-corrected chi connectivity index (χ2v) is 35.2. The van der Waals surface area contributed by atoms with Gasteiger partial charge in [0.05, 0.1) is 79.3 Å². The predicted molar refractivity (Wildman–Crippen MR) is 418 cm³/mol. The monoisotopic (exact) mass is 2040 g/mol. The van der Waals surface area contributed by atoms with E-state index in [1.165, 1.54) is 0 Å². The van der Waals surface area contributed by atoms with Crippen molar-refractivity contribution in [1.82, 2.24) is 10.6 Å². The van der Waals surface area contributed by atoms with Crippen LogP contribution < -0.4 is 10.6 Å². The van der Waals surface area contributed by atoms with Crippen LogP contribution in [0.1, 0.15) is 13.8 Å². The minimum Gasteiger partial charge on any atom is -0.394 e. The summed E-state index contributed by atoms with van der Waals surface area (Å²) in [6.07, 6.45) is -130. The third kappa shape index (κ3) is 24.5. The zero-order valence-electron chi connectivity index (χ0n) is 73.4. The maximum absolute atomic E-state index is 13.2. The van der Waals surface area contributed by atoms with E-state index in [4.69, 9.17) is 109 Å². The fraction of sp³-hybridized carbons (Fsp3) is 0.974. The fourth-order valence-electron chi connectivity index (χ4n) is 17.9. The first-order chi connectivity index (χ1) is 65.9. The Kier molecular flexibility index (Phi) is 41.0. The van der Waals surface area contributed by atoms with Crippen LogP contribution in [-0.2, 0) is 119 Å². The van der Waals surface area contributed by atoms with Gasteiger partial charge in [-0.3, -0.25) is 9.59 Å². The van der Waals surface area contributed by atoms with E-state index < -0.39 is 459 Å². The molecule has 63 heteroatoms. The quantitative estimate of drug-likeness (QED) is 0.0277. The van der Waals surface area contributed by atoms with Crippen molar-refractivity contribution in [3.63, 3.8) is 0 Å². The summed E-state index contributed by atoms with van der Waals surface area (Å²) in [5, 5.41) is 408. The molecule has 0 aliphatic carbocycles. The van der Waals surface area contributed by atoms with Crippen molar-refractivity contribution in [2.45, 2.75) is 382 Å². The van der Waals surface area contributed by atoms with E-state index in [-0.39, 0.29) is 0 Å². The topological polar surface area (TPSA) is 999 Å². The van der Waals surface area contributed by atoms with Gasteiger partial charge in [-0.15, -0.1) is 0 Å². The zero-order chi connectivity index (χ0) is 102. The molecular weight excluding hydrogens is 1920 g/mol. The standard InChI is InChI=1S/C76H128N2O61/c1-15(89)77-29-41(101)56(25(11-87)119-65(29)116)131-66-30(78-16(2)90)42(102)57(26(12-88)128-66)132-72-55(115)60(135-75-64(49(109)37(97)22(8-84)126-75)139-76-63(48(108)36(96)23(9-85)127-76)138-71-54(114)58(38(98)24(10-86)123-71)133-68-50(110)43(103)31(91)17(3-79)120-68)40(100)28(130-72)13-117-67-53(113)59(134-74-62(47(107)35(95)21(7-83)125-74)137-70-52(112)45(105)33(93)19(5-81)122-70)39(99)27(129-67)14-118-73-61(46(106)34(94)20(6-82)124-73)136-69-51(111)44(104)32(92)18(4-80)121-69/h17-76,79-88,91-116H,3-14H2,1-2H3,(H,77,89)(H,78,90)/t17?,18?,19?,20?,21?,22?,23?,24?,25?,26?,27?,28?,29?,30?,31-,32-,33-,34-,35-,36-,37-,38-,39-,40-,41-,42-,43+,44+,45+,46+,47+,48+,49+,50?,51?,52?,53?,54?,55?,56-,57-,58+,59+,60+,61?,62?,63?,64?,65?,66+,67+,68-,69-,70-,71-,72+,73+,74-,75-,76-/m1/s1. The van der Waals surface area contributed by atoms with Crippen molar-refractivity contribution in [3.05, 3.63) is 0 Å². The molecule has 0 spiro atoms. The molecule has 12 fully saturated rings. The van der Waals surface area contributed by atoms with Gasteiger partial charge in [0.15, 0.2) is 75.5 Å².